The van der Waals surface area contributed by atoms with E-state index in [2.05, 4.69) is 0 Å². The number of hydrogen-bond donors (Lipinski definition) is 0. The zero-order chi connectivity index (χ0) is 17.1. The summed E-state index contributed by atoms with van der Waals surface area (Å²) in [6, 6.07) is 9.93. The highest BCUT2D eigenvalue weighted by atomic mass is 16.5. The second kappa shape index (κ2) is 6.71. The molecule has 2 aliphatic carbocycles. The van der Waals surface area contributed by atoms with Gasteiger partial charge in [-0.1, -0.05) is 60.7 Å². The highest BCUT2D eigenvalue weighted by molar-refractivity contribution is 6.05. The molecule has 0 saturated carbocycles. The summed E-state index contributed by atoms with van der Waals surface area (Å²) in [6.07, 6.45) is 9.76. The highest BCUT2D eigenvalue weighted by Crippen LogP contribution is 2.48. The van der Waals surface area contributed by atoms with Crippen LogP contribution in [0.4, 0.5) is 0 Å². The van der Waals surface area contributed by atoms with Gasteiger partial charge in [0, 0.05) is 11.8 Å². The Morgan fingerprint density at radius 3 is 1.96 bits per heavy atom. The molecule has 0 saturated heterocycles. The van der Waals surface area contributed by atoms with Gasteiger partial charge in [-0.05, 0) is 11.1 Å². The van der Waals surface area contributed by atoms with Gasteiger partial charge < -0.3 is 9.47 Å². The van der Waals surface area contributed by atoms with E-state index in [0.29, 0.717) is 11.1 Å². The zero-order valence-corrected chi connectivity index (χ0v) is 13.6. The van der Waals surface area contributed by atoms with Gasteiger partial charge in [-0.15, -0.1) is 0 Å². The van der Waals surface area contributed by atoms with Gasteiger partial charge in [-0.3, -0.25) is 0 Å². The first-order chi connectivity index (χ1) is 11.7. The second-order valence-corrected chi connectivity index (χ2v) is 5.59. The number of ether oxygens (including phenoxy) is 2. The highest BCUT2D eigenvalue weighted by Gasteiger charge is 2.46. The number of hydrogen-bond acceptors (Lipinski definition) is 4. The SMILES string of the molecule is COC(=O)C1=C(C(=O)OC)C2C=CC1C2=C/C=C/c1ccccc1. The van der Waals surface area contributed by atoms with Crippen molar-refractivity contribution in [2.75, 3.05) is 14.2 Å². The predicted molar refractivity (Wildman–Crippen MR) is 90.7 cm³/mol. The largest absolute Gasteiger partial charge is 0.466 e. The fraction of sp³-hybridized carbons (Fsp3) is 0.200. The molecule has 0 fully saturated rings. The summed E-state index contributed by atoms with van der Waals surface area (Å²) in [5.74, 6) is -1.41. The van der Waals surface area contributed by atoms with Gasteiger partial charge in [0.2, 0.25) is 0 Å². The maximum Gasteiger partial charge on any atom is 0.335 e. The lowest BCUT2D eigenvalue weighted by Gasteiger charge is -2.11. The van der Waals surface area contributed by atoms with E-state index in [1.165, 1.54) is 14.2 Å². The molecule has 1 aromatic rings. The van der Waals surface area contributed by atoms with Crippen LogP contribution in [0.25, 0.3) is 6.08 Å². The number of carbonyl (C=O) groups excluding carboxylic acids is 2. The van der Waals surface area contributed by atoms with Crippen molar-refractivity contribution in [3.8, 4) is 0 Å². The standard InChI is InChI=1S/C20H18O4/c1-23-19(21)17-15-11-12-16(18(17)20(22)24-2)14(15)10-6-9-13-7-4-3-5-8-13/h3-12,15-16H,1-2H3/b9-6+,14-10?. The van der Waals surface area contributed by atoms with Crippen molar-refractivity contribution in [1.29, 1.82) is 0 Å². The minimum absolute atomic E-state index is 0.225. The summed E-state index contributed by atoms with van der Waals surface area (Å²) in [6.45, 7) is 0. The monoisotopic (exact) mass is 322 g/mol. The molecule has 1 aromatic carbocycles. The van der Waals surface area contributed by atoms with Crippen molar-refractivity contribution in [2.24, 2.45) is 11.8 Å². The van der Waals surface area contributed by atoms with E-state index in [1.807, 2.05) is 60.7 Å². The Labute approximate surface area is 140 Å². The molecule has 2 unspecified atom stereocenters. The average Bonchev–Trinajstić information content (AvgIpc) is 3.16. The molecular formula is C20H18O4. The van der Waals surface area contributed by atoms with Crippen LogP contribution in [0, 0.1) is 11.8 Å². The molecule has 2 aliphatic rings. The normalized spacial score (nSPS) is 21.5. The average molecular weight is 322 g/mol. The van der Waals surface area contributed by atoms with Crippen LogP contribution in [0.5, 0.6) is 0 Å². The van der Waals surface area contributed by atoms with E-state index in [1.54, 1.807) is 0 Å². The minimum atomic E-state index is -0.481. The lowest BCUT2D eigenvalue weighted by Crippen LogP contribution is -2.17. The molecule has 0 radical (unpaired) electrons. The van der Waals surface area contributed by atoms with Crippen molar-refractivity contribution in [3.63, 3.8) is 0 Å². The molecule has 0 aliphatic heterocycles. The van der Waals surface area contributed by atoms with Crippen LogP contribution in [0.1, 0.15) is 5.56 Å². The van der Waals surface area contributed by atoms with E-state index >= 15 is 0 Å². The molecule has 0 aromatic heterocycles. The Bertz CT molecular complexity index is 743. The molecule has 0 heterocycles. The van der Waals surface area contributed by atoms with Crippen molar-refractivity contribution < 1.29 is 19.1 Å². The lowest BCUT2D eigenvalue weighted by atomic mass is 9.97. The summed E-state index contributed by atoms with van der Waals surface area (Å²) in [4.78, 5) is 24.2. The predicted octanol–water partition coefficient (Wildman–Crippen LogP) is 3.08. The van der Waals surface area contributed by atoms with Crippen molar-refractivity contribution in [1.82, 2.24) is 0 Å². The number of carbonyl (C=O) groups is 2. The maximum absolute atomic E-state index is 12.1. The summed E-state index contributed by atoms with van der Waals surface area (Å²) < 4.78 is 9.70. The Hall–Kier alpha value is -2.88. The zero-order valence-electron chi connectivity index (χ0n) is 13.6. The maximum atomic E-state index is 12.1. The molecule has 0 N–H and O–H groups in total. The van der Waals surface area contributed by atoms with Crippen LogP contribution in [-0.4, -0.2) is 26.2 Å². The third-order valence-electron chi connectivity index (χ3n) is 4.31. The molecule has 24 heavy (non-hydrogen) atoms. The molecule has 4 heteroatoms. The van der Waals surface area contributed by atoms with Gasteiger partial charge in [0.1, 0.15) is 0 Å². The van der Waals surface area contributed by atoms with Gasteiger partial charge >= 0.3 is 11.9 Å². The van der Waals surface area contributed by atoms with E-state index in [9.17, 15) is 9.59 Å². The van der Waals surface area contributed by atoms with Crippen LogP contribution in [0.2, 0.25) is 0 Å². The van der Waals surface area contributed by atoms with Crippen LogP contribution in [-0.2, 0) is 19.1 Å². The molecule has 3 rings (SSSR count). The summed E-state index contributed by atoms with van der Waals surface area (Å²) in [5, 5.41) is 0. The Morgan fingerprint density at radius 1 is 0.917 bits per heavy atom. The van der Waals surface area contributed by atoms with Crippen LogP contribution in [0.15, 0.2) is 71.4 Å². The number of allylic oxidation sites excluding steroid dienone is 5. The van der Waals surface area contributed by atoms with Gasteiger partial charge in [0.25, 0.3) is 0 Å². The van der Waals surface area contributed by atoms with Gasteiger partial charge in [-0.2, -0.15) is 0 Å². The fourth-order valence-electron chi connectivity index (χ4n) is 3.23. The first kappa shape index (κ1) is 16.0. The van der Waals surface area contributed by atoms with Crippen LogP contribution >= 0.6 is 0 Å². The van der Waals surface area contributed by atoms with E-state index < -0.39 is 11.9 Å². The molecule has 0 amide bonds. The Morgan fingerprint density at radius 2 is 1.46 bits per heavy atom. The van der Waals surface area contributed by atoms with E-state index in [0.717, 1.165) is 11.1 Å². The van der Waals surface area contributed by atoms with Crippen LogP contribution < -0.4 is 0 Å². The first-order valence-electron chi connectivity index (χ1n) is 7.69. The summed E-state index contributed by atoms with van der Waals surface area (Å²) in [7, 11) is 2.64. The third-order valence-corrected chi connectivity index (χ3v) is 4.31. The number of methoxy groups -OCH3 is 2. The quantitative estimate of drug-likeness (QED) is 0.631. The fourth-order valence-corrected chi connectivity index (χ4v) is 3.23. The first-order valence-corrected chi connectivity index (χ1v) is 7.69. The van der Waals surface area contributed by atoms with Crippen molar-refractivity contribution in [3.05, 3.63) is 76.9 Å². The molecule has 2 atom stereocenters. The van der Waals surface area contributed by atoms with Gasteiger partial charge in [0.05, 0.1) is 25.4 Å². The van der Waals surface area contributed by atoms with Gasteiger partial charge in [0.15, 0.2) is 0 Å². The topological polar surface area (TPSA) is 52.6 Å². The molecular weight excluding hydrogens is 304 g/mol. The summed E-state index contributed by atoms with van der Waals surface area (Å²) in [5.41, 5.74) is 2.84. The van der Waals surface area contributed by atoms with Gasteiger partial charge in [-0.25, -0.2) is 9.59 Å². The number of benzene rings is 1. The van der Waals surface area contributed by atoms with E-state index in [-0.39, 0.29) is 11.8 Å². The second-order valence-electron chi connectivity index (χ2n) is 5.59. The molecule has 0 spiro atoms. The number of esters is 2. The molecule has 122 valence electrons. The molecule has 4 nitrogen and oxygen atoms in total. The number of fused-ring (bicyclic) bond motifs is 2. The smallest absolute Gasteiger partial charge is 0.335 e. The third kappa shape index (κ3) is 2.71. The summed E-state index contributed by atoms with van der Waals surface area (Å²) >= 11 is 0. The Balaban J connectivity index is 1.91. The number of rotatable bonds is 4. The van der Waals surface area contributed by atoms with Crippen molar-refractivity contribution >= 4 is 18.0 Å². The molecule has 2 bridgehead atoms. The van der Waals surface area contributed by atoms with Crippen LogP contribution in [0.3, 0.4) is 0 Å². The van der Waals surface area contributed by atoms with Crippen molar-refractivity contribution in [2.45, 2.75) is 0 Å². The van der Waals surface area contributed by atoms with E-state index in [4.69, 9.17) is 9.47 Å². The Kier molecular flexibility index (Phi) is 4.47. The minimum Gasteiger partial charge on any atom is -0.466 e. The lowest BCUT2D eigenvalue weighted by molar-refractivity contribution is -0.139.